The first-order chi connectivity index (χ1) is 14.4. The molecule has 3 rings (SSSR count). The van der Waals surface area contributed by atoms with Crippen LogP contribution in [0.4, 0.5) is 4.39 Å². The van der Waals surface area contributed by atoms with Gasteiger partial charge in [0.2, 0.25) is 0 Å². The van der Waals surface area contributed by atoms with Gasteiger partial charge in [-0.1, -0.05) is 17.7 Å². The maximum atomic E-state index is 14.7. The highest BCUT2D eigenvalue weighted by atomic mass is 35.5. The molecule has 0 N–H and O–H groups in total. The van der Waals surface area contributed by atoms with Gasteiger partial charge >= 0.3 is 5.97 Å². The van der Waals surface area contributed by atoms with Gasteiger partial charge in [-0.25, -0.2) is 4.39 Å². The van der Waals surface area contributed by atoms with Crippen molar-refractivity contribution >= 4 is 28.9 Å². The molecule has 2 unspecified atom stereocenters. The Bertz CT molecular complexity index is 959. The number of benzene rings is 2. The minimum absolute atomic E-state index is 0.115. The lowest BCUT2D eigenvalue weighted by Crippen LogP contribution is -2.34. The largest absolute Gasteiger partial charge is 0.497 e. The summed E-state index contributed by atoms with van der Waals surface area (Å²) in [6, 6.07) is 9.51. The number of rotatable bonds is 6. The third-order valence-corrected chi connectivity index (χ3v) is 5.43. The van der Waals surface area contributed by atoms with E-state index in [9.17, 15) is 14.0 Å². The second kappa shape index (κ2) is 9.30. The average molecular weight is 433 g/mol. The first-order valence-corrected chi connectivity index (χ1v) is 9.85. The van der Waals surface area contributed by atoms with E-state index in [4.69, 9.17) is 25.8 Å². The SMILES string of the molecule is CCOC(=O)C1C(=O)C=C(c2cc(OC)cc(OC)c2)CC1c1c(F)cccc1Cl. The van der Waals surface area contributed by atoms with Crippen LogP contribution >= 0.6 is 11.6 Å². The Labute approximate surface area is 179 Å². The molecule has 1 aliphatic carbocycles. The molecule has 0 aliphatic heterocycles. The van der Waals surface area contributed by atoms with Crippen molar-refractivity contribution in [2.75, 3.05) is 20.8 Å². The zero-order valence-electron chi connectivity index (χ0n) is 16.9. The summed E-state index contributed by atoms with van der Waals surface area (Å²) in [6.07, 6.45) is 1.62. The van der Waals surface area contributed by atoms with Gasteiger partial charge in [0.05, 0.1) is 20.8 Å². The zero-order chi connectivity index (χ0) is 21.8. The first kappa shape index (κ1) is 21.8. The van der Waals surface area contributed by atoms with E-state index in [1.165, 1.54) is 32.4 Å². The Morgan fingerprint density at radius 1 is 1.17 bits per heavy atom. The normalized spacial score (nSPS) is 18.6. The quantitative estimate of drug-likeness (QED) is 0.484. The maximum Gasteiger partial charge on any atom is 0.317 e. The summed E-state index contributed by atoms with van der Waals surface area (Å²) in [5, 5.41) is 0.159. The van der Waals surface area contributed by atoms with Crippen LogP contribution in [0.25, 0.3) is 5.57 Å². The highest BCUT2D eigenvalue weighted by Gasteiger charge is 2.41. The summed E-state index contributed by atoms with van der Waals surface area (Å²) in [4.78, 5) is 25.6. The third kappa shape index (κ3) is 4.33. The maximum absolute atomic E-state index is 14.7. The molecule has 0 fully saturated rings. The Hall–Kier alpha value is -2.86. The van der Waals surface area contributed by atoms with Crippen LogP contribution in [0.5, 0.6) is 11.5 Å². The van der Waals surface area contributed by atoms with E-state index in [0.717, 1.165) is 0 Å². The number of ketones is 1. The summed E-state index contributed by atoms with van der Waals surface area (Å²) in [7, 11) is 3.05. The highest BCUT2D eigenvalue weighted by molar-refractivity contribution is 6.31. The van der Waals surface area contributed by atoms with E-state index in [1.54, 1.807) is 31.2 Å². The highest BCUT2D eigenvalue weighted by Crippen LogP contribution is 2.44. The monoisotopic (exact) mass is 432 g/mol. The molecule has 5 nitrogen and oxygen atoms in total. The van der Waals surface area contributed by atoms with Gasteiger partial charge in [0, 0.05) is 22.6 Å². The van der Waals surface area contributed by atoms with Crippen LogP contribution in [-0.4, -0.2) is 32.6 Å². The molecule has 0 aromatic heterocycles. The van der Waals surface area contributed by atoms with Crippen LogP contribution in [0.2, 0.25) is 5.02 Å². The number of ether oxygens (including phenoxy) is 3. The first-order valence-electron chi connectivity index (χ1n) is 9.48. The topological polar surface area (TPSA) is 61.8 Å². The van der Waals surface area contributed by atoms with Gasteiger partial charge in [0.1, 0.15) is 23.2 Å². The van der Waals surface area contributed by atoms with Crippen LogP contribution in [0.3, 0.4) is 0 Å². The second-order valence-electron chi connectivity index (χ2n) is 6.85. The Morgan fingerprint density at radius 3 is 2.40 bits per heavy atom. The summed E-state index contributed by atoms with van der Waals surface area (Å²) in [5.74, 6) is -2.60. The van der Waals surface area contributed by atoms with Gasteiger partial charge in [0.15, 0.2) is 5.78 Å². The van der Waals surface area contributed by atoms with Crippen LogP contribution < -0.4 is 9.47 Å². The fourth-order valence-electron chi connectivity index (χ4n) is 3.71. The van der Waals surface area contributed by atoms with Gasteiger partial charge in [-0.3, -0.25) is 9.59 Å². The van der Waals surface area contributed by atoms with Gasteiger partial charge in [-0.15, -0.1) is 0 Å². The van der Waals surface area contributed by atoms with Crippen molar-refractivity contribution < 1.29 is 28.2 Å². The molecular weight excluding hydrogens is 411 g/mol. The summed E-state index contributed by atoms with van der Waals surface area (Å²) >= 11 is 6.28. The molecule has 0 heterocycles. The van der Waals surface area contributed by atoms with Crippen molar-refractivity contribution in [2.24, 2.45) is 5.92 Å². The van der Waals surface area contributed by atoms with Crippen molar-refractivity contribution in [3.63, 3.8) is 0 Å². The standard InChI is InChI=1S/C23H22ClFO5/c1-4-30-23(27)22-17(21-18(24)6-5-7-19(21)25)10-14(11-20(22)26)13-8-15(28-2)12-16(9-13)29-3/h5-9,11-12,17,22H,4,10H2,1-3H3. The minimum Gasteiger partial charge on any atom is -0.497 e. The van der Waals surface area contributed by atoms with Crippen molar-refractivity contribution in [3.8, 4) is 11.5 Å². The predicted molar refractivity (Wildman–Crippen MR) is 111 cm³/mol. The molecule has 2 aromatic rings. The lowest BCUT2D eigenvalue weighted by molar-refractivity contribution is -0.151. The van der Waals surface area contributed by atoms with Gasteiger partial charge in [0.25, 0.3) is 0 Å². The molecular formula is C23H22ClFO5. The van der Waals surface area contributed by atoms with Crippen LogP contribution in [0.1, 0.15) is 30.4 Å². The average Bonchev–Trinajstić information content (AvgIpc) is 2.73. The number of hydrogen-bond acceptors (Lipinski definition) is 5. The van der Waals surface area contributed by atoms with E-state index in [0.29, 0.717) is 22.6 Å². The van der Waals surface area contributed by atoms with E-state index in [1.807, 2.05) is 0 Å². The molecule has 1 aliphatic rings. The van der Waals surface area contributed by atoms with Gasteiger partial charge in [-0.2, -0.15) is 0 Å². The fourth-order valence-corrected chi connectivity index (χ4v) is 4.02. The number of esters is 1. The Morgan fingerprint density at radius 2 is 1.83 bits per heavy atom. The molecule has 0 spiro atoms. The summed E-state index contributed by atoms with van der Waals surface area (Å²) in [5.41, 5.74) is 1.44. The number of carbonyl (C=O) groups excluding carboxylic acids is 2. The van der Waals surface area contributed by atoms with Crippen LogP contribution in [-0.2, 0) is 14.3 Å². The minimum atomic E-state index is -1.17. The lowest BCUT2D eigenvalue weighted by atomic mass is 9.73. The lowest BCUT2D eigenvalue weighted by Gasteiger charge is -2.30. The smallest absolute Gasteiger partial charge is 0.317 e. The third-order valence-electron chi connectivity index (χ3n) is 5.10. The zero-order valence-corrected chi connectivity index (χ0v) is 17.7. The van der Waals surface area contributed by atoms with Gasteiger partial charge in [-0.05, 0) is 54.8 Å². The molecule has 7 heteroatoms. The molecule has 158 valence electrons. The van der Waals surface area contributed by atoms with Crippen molar-refractivity contribution in [2.45, 2.75) is 19.3 Å². The molecule has 0 amide bonds. The Kier molecular flexibility index (Phi) is 6.77. The van der Waals surface area contributed by atoms with E-state index in [2.05, 4.69) is 0 Å². The predicted octanol–water partition coefficient (Wildman–Crippen LogP) is 4.82. The number of hydrogen-bond donors (Lipinski definition) is 0. The van der Waals surface area contributed by atoms with E-state index < -0.39 is 29.4 Å². The molecule has 0 bridgehead atoms. The molecule has 2 atom stereocenters. The van der Waals surface area contributed by atoms with Gasteiger partial charge < -0.3 is 14.2 Å². The number of allylic oxidation sites excluding steroid dienone is 2. The number of halogens is 2. The van der Waals surface area contributed by atoms with Crippen molar-refractivity contribution in [1.29, 1.82) is 0 Å². The van der Waals surface area contributed by atoms with E-state index >= 15 is 0 Å². The van der Waals surface area contributed by atoms with Crippen molar-refractivity contribution in [3.05, 3.63) is 64.4 Å². The summed E-state index contributed by atoms with van der Waals surface area (Å²) in [6.45, 7) is 1.77. The fraction of sp³-hybridized carbons (Fsp3) is 0.304. The molecule has 0 saturated heterocycles. The van der Waals surface area contributed by atoms with Crippen molar-refractivity contribution in [1.82, 2.24) is 0 Å². The Balaban J connectivity index is 2.12. The van der Waals surface area contributed by atoms with Crippen LogP contribution in [0, 0.1) is 11.7 Å². The molecule has 2 aromatic carbocycles. The number of methoxy groups -OCH3 is 2. The molecule has 0 saturated carbocycles. The molecule has 30 heavy (non-hydrogen) atoms. The van der Waals surface area contributed by atoms with Crippen LogP contribution in [0.15, 0.2) is 42.5 Å². The molecule has 0 radical (unpaired) electrons. The number of carbonyl (C=O) groups is 2. The second-order valence-corrected chi connectivity index (χ2v) is 7.26. The summed E-state index contributed by atoms with van der Waals surface area (Å²) < 4.78 is 30.5. The van der Waals surface area contributed by atoms with E-state index in [-0.39, 0.29) is 23.6 Å².